The van der Waals surface area contributed by atoms with Crippen LogP contribution in [-0.2, 0) is 0 Å². The molecular formula is C22H34N8O. The lowest BCUT2D eigenvalue weighted by Gasteiger charge is -2.28. The molecule has 31 heavy (non-hydrogen) atoms. The van der Waals surface area contributed by atoms with Gasteiger partial charge in [0.05, 0.1) is 24.5 Å². The number of nitrogens with one attached hydrogen (secondary N) is 1. The molecule has 1 aliphatic carbocycles. The summed E-state index contributed by atoms with van der Waals surface area (Å²) in [6.45, 7) is 8.71. The Hall–Kier alpha value is -2.68. The topological polar surface area (TPSA) is 106 Å². The van der Waals surface area contributed by atoms with Crippen molar-refractivity contribution in [2.24, 2.45) is 10.7 Å². The Morgan fingerprint density at radius 1 is 1.29 bits per heavy atom. The predicted octanol–water partition coefficient (Wildman–Crippen LogP) is 2.60. The van der Waals surface area contributed by atoms with Gasteiger partial charge in [0, 0.05) is 24.4 Å². The van der Waals surface area contributed by atoms with E-state index in [1.807, 2.05) is 19.2 Å². The van der Waals surface area contributed by atoms with Gasteiger partial charge in [-0.15, -0.1) is 0 Å². The van der Waals surface area contributed by atoms with Crippen LogP contribution in [0.4, 0.5) is 5.95 Å². The number of aromatic nitrogens is 4. The molecule has 1 saturated carbocycles. The Kier molecular flexibility index (Phi) is 6.41. The number of anilines is 1. The van der Waals surface area contributed by atoms with Crippen LogP contribution in [0.25, 0.3) is 5.65 Å². The summed E-state index contributed by atoms with van der Waals surface area (Å²) in [6.07, 6.45) is 8.15. The van der Waals surface area contributed by atoms with Gasteiger partial charge >= 0.3 is 6.01 Å². The zero-order chi connectivity index (χ0) is 22.0. The second-order valence-corrected chi connectivity index (χ2v) is 9.03. The van der Waals surface area contributed by atoms with Crippen LogP contribution in [0.5, 0.6) is 6.01 Å². The van der Waals surface area contributed by atoms with Crippen LogP contribution in [0.15, 0.2) is 23.0 Å². The van der Waals surface area contributed by atoms with Crippen molar-refractivity contribution in [2.75, 3.05) is 32.0 Å². The molecule has 0 spiro atoms. The third-order valence-corrected chi connectivity index (χ3v) is 5.65. The molecule has 9 nitrogen and oxygen atoms in total. The lowest BCUT2D eigenvalue weighted by molar-refractivity contribution is 0.105. The first-order valence-corrected chi connectivity index (χ1v) is 11.2. The second-order valence-electron chi connectivity index (χ2n) is 9.03. The summed E-state index contributed by atoms with van der Waals surface area (Å²) in [5, 5.41) is 7.93. The number of piperidine rings is 1. The van der Waals surface area contributed by atoms with Crippen LogP contribution in [0.3, 0.4) is 0 Å². The lowest BCUT2D eigenvalue weighted by Crippen LogP contribution is -2.36. The third-order valence-electron chi connectivity index (χ3n) is 5.65. The highest BCUT2D eigenvalue weighted by Gasteiger charge is 2.23. The van der Waals surface area contributed by atoms with E-state index >= 15 is 0 Å². The van der Waals surface area contributed by atoms with E-state index in [0.29, 0.717) is 30.5 Å². The molecule has 0 atom stereocenters. The highest BCUT2D eigenvalue weighted by Crippen LogP contribution is 2.25. The van der Waals surface area contributed by atoms with Crippen molar-refractivity contribution in [3.63, 3.8) is 0 Å². The van der Waals surface area contributed by atoms with Crippen LogP contribution in [-0.4, -0.2) is 69.0 Å². The average molecular weight is 427 g/mol. The standard InChI is InChI=1S/C22H34N8O/c1-14(2)19-13-25-30-20(19)27-22(31-18-7-9-29(4)10-8-18)28-21(30)24-12-17(11-15(3)23)26-16-5-6-16/h11,13-14,16,18H,5-10,12,23H2,1-4H3,(H,24,27,28). The van der Waals surface area contributed by atoms with Crippen LogP contribution in [0.2, 0.25) is 0 Å². The van der Waals surface area contributed by atoms with Crippen LogP contribution < -0.4 is 15.8 Å². The van der Waals surface area contributed by atoms with Gasteiger partial charge in [-0.05, 0) is 51.6 Å². The van der Waals surface area contributed by atoms with Gasteiger partial charge in [-0.1, -0.05) is 13.8 Å². The number of hydrogen-bond donors (Lipinski definition) is 2. The molecule has 2 aromatic rings. The number of nitrogens with two attached hydrogens (primary N) is 1. The molecule has 1 saturated heterocycles. The van der Waals surface area contributed by atoms with E-state index in [2.05, 4.69) is 41.2 Å². The van der Waals surface area contributed by atoms with Crippen molar-refractivity contribution in [1.82, 2.24) is 24.5 Å². The summed E-state index contributed by atoms with van der Waals surface area (Å²) in [6, 6.07) is 0.816. The zero-order valence-corrected chi connectivity index (χ0v) is 19.0. The summed E-state index contributed by atoms with van der Waals surface area (Å²) in [7, 11) is 2.14. The smallest absolute Gasteiger partial charge is 0.322 e. The van der Waals surface area contributed by atoms with E-state index in [4.69, 9.17) is 20.4 Å². The molecule has 0 aromatic carbocycles. The summed E-state index contributed by atoms with van der Waals surface area (Å²) >= 11 is 0. The van der Waals surface area contributed by atoms with Gasteiger partial charge in [0.25, 0.3) is 0 Å². The molecule has 168 valence electrons. The molecule has 1 aliphatic heterocycles. The van der Waals surface area contributed by atoms with E-state index in [9.17, 15) is 0 Å². The lowest BCUT2D eigenvalue weighted by atomic mass is 10.1. The van der Waals surface area contributed by atoms with E-state index in [1.165, 1.54) is 0 Å². The Bertz CT molecular complexity index is 963. The number of nitrogens with zero attached hydrogens (tertiary/aromatic N) is 6. The Balaban J connectivity index is 1.60. The summed E-state index contributed by atoms with van der Waals surface area (Å²) in [5.41, 5.74) is 9.42. The normalized spacial score (nSPS) is 19.4. The summed E-state index contributed by atoms with van der Waals surface area (Å²) in [4.78, 5) is 16.5. The highest BCUT2D eigenvalue weighted by molar-refractivity contribution is 5.98. The minimum atomic E-state index is 0.131. The molecular weight excluding hydrogens is 392 g/mol. The zero-order valence-electron chi connectivity index (χ0n) is 19.0. The molecule has 9 heteroatoms. The van der Waals surface area contributed by atoms with Crippen molar-refractivity contribution in [3.8, 4) is 6.01 Å². The number of hydrogen-bond acceptors (Lipinski definition) is 8. The molecule has 3 N–H and O–H groups in total. The number of aliphatic imine (C=N–C) groups is 1. The van der Waals surface area contributed by atoms with Gasteiger partial charge in [-0.25, -0.2) is 0 Å². The fraction of sp³-hybridized carbons (Fsp3) is 0.636. The van der Waals surface area contributed by atoms with E-state index < -0.39 is 0 Å². The van der Waals surface area contributed by atoms with E-state index in [-0.39, 0.29) is 6.10 Å². The maximum Gasteiger partial charge on any atom is 0.322 e. The fourth-order valence-corrected chi connectivity index (χ4v) is 3.71. The number of allylic oxidation sites excluding steroid dienone is 1. The quantitative estimate of drug-likeness (QED) is 0.625. The second kappa shape index (κ2) is 9.21. The summed E-state index contributed by atoms with van der Waals surface area (Å²) < 4.78 is 7.96. The van der Waals surface area contributed by atoms with Gasteiger partial charge in [-0.2, -0.15) is 19.6 Å². The maximum atomic E-state index is 6.21. The van der Waals surface area contributed by atoms with Crippen molar-refractivity contribution in [2.45, 2.75) is 64.5 Å². The molecule has 0 amide bonds. The number of rotatable bonds is 8. The Labute approximate surface area is 183 Å². The number of likely N-dealkylation sites (tertiary alicyclic amines) is 1. The molecule has 4 rings (SSSR count). The first-order valence-electron chi connectivity index (χ1n) is 11.2. The van der Waals surface area contributed by atoms with Crippen molar-refractivity contribution in [1.29, 1.82) is 0 Å². The Morgan fingerprint density at radius 3 is 2.68 bits per heavy atom. The number of ether oxygens (including phenoxy) is 1. The predicted molar refractivity (Wildman–Crippen MR) is 123 cm³/mol. The molecule has 2 aromatic heterocycles. The van der Waals surface area contributed by atoms with Gasteiger partial charge < -0.3 is 20.7 Å². The van der Waals surface area contributed by atoms with E-state index in [1.54, 1.807) is 4.52 Å². The molecule has 2 fully saturated rings. The Morgan fingerprint density at radius 2 is 2.03 bits per heavy atom. The number of fused-ring (bicyclic) bond motifs is 1. The minimum Gasteiger partial charge on any atom is -0.460 e. The largest absolute Gasteiger partial charge is 0.460 e. The molecule has 0 radical (unpaired) electrons. The van der Waals surface area contributed by atoms with Crippen LogP contribution in [0.1, 0.15) is 57.9 Å². The van der Waals surface area contributed by atoms with Crippen molar-refractivity contribution < 1.29 is 4.74 Å². The van der Waals surface area contributed by atoms with Crippen molar-refractivity contribution >= 4 is 17.3 Å². The third kappa shape index (κ3) is 5.52. The van der Waals surface area contributed by atoms with Gasteiger partial charge in [0.1, 0.15) is 6.10 Å². The molecule has 2 aliphatic rings. The minimum absolute atomic E-state index is 0.131. The molecule has 0 bridgehead atoms. The fourth-order valence-electron chi connectivity index (χ4n) is 3.71. The van der Waals surface area contributed by atoms with E-state index in [0.717, 1.165) is 61.4 Å². The van der Waals surface area contributed by atoms with Gasteiger partial charge in [0.2, 0.25) is 5.95 Å². The average Bonchev–Trinajstić information content (AvgIpc) is 3.42. The first kappa shape index (κ1) is 21.5. The summed E-state index contributed by atoms with van der Waals surface area (Å²) in [5.74, 6) is 0.901. The maximum absolute atomic E-state index is 6.21. The van der Waals surface area contributed by atoms with Gasteiger partial charge in [-0.3, -0.25) is 4.99 Å². The first-order chi connectivity index (χ1) is 14.9. The highest BCUT2D eigenvalue weighted by atomic mass is 16.5. The van der Waals surface area contributed by atoms with Gasteiger partial charge in [0.15, 0.2) is 5.65 Å². The molecule has 0 unspecified atom stereocenters. The monoisotopic (exact) mass is 426 g/mol. The van der Waals surface area contributed by atoms with Crippen LogP contribution >= 0.6 is 0 Å². The van der Waals surface area contributed by atoms with Crippen LogP contribution in [0, 0.1) is 0 Å². The molecule has 3 heterocycles. The van der Waals surface area contributed by atoms with Crippen molar-refractivity contribution in [3.05, 3.63) is 23.5 Å². The SMILES string of the molecule is CC(N)=CC(CNc1nc(OC2CCN(C)CC2)nc2c(C(C)C)cnn12)=NC1CC1.